The Morgan fingerprint density at radius 1 is 1.38 bits per heavy atom. The lowest BCUT2D eigenvalue weighted by Crippen LogP contribution is -2.39. The molecule has 2 heterocycles. The minimum Gasteiger partial charge on any atom is -0.390 e. The number of hydrogen-bond donors (Lipinski definition) is 3. The molecule has 1 aromatic carbocycles. The van der Waals surface area contributed by atoms with E-state index in [1.54, 1.807) is 0 Å². The minimum atomic E-state index is -3.73. The van der Waals surface area contributed by atoms with Crippen molar-refractivity contribution in [3.63, 3.8) is 0 Å². The fraction of sp³-hybridized carbons (Fsp3) is 0.400. The molecular weight excluding hydrogens is 348 g/mol. The molecule has 1 aliphatic rings. The van der Waals surface area contributed by atoms with Crippen molar-refractivity contribution in [2.45, 2.75) is 23.3 Å². The molecule has 4 N–H and O–H groups in total. The second-order valence-corrected chi connectivity index (χ2v) is 8.64. The molecule has 1 atom stereocenters. The van der Waals surface area contributed by atoms with Crippen LogP contribution in [0.5, 0.6) is 0 Å². The molecule has 0 saturated heterocycles. The lowest BCUT2D eigenvalue weighted by molar-refractivity contribution is 0.114. The van der Waals surface area contributed by atoms with Crippen LogP contribution in [-0.2, 0) is 23.0 Å². The molecule has 9 heteroatoms. The number of aliphatic hydroxyl groups excluding tert-OH is 1. The summed E-state index contributed by atoms with van der Waals surface area (Å²) in [6.45, 7) is 2.60. The van der Waals surface area contributed by atoms with E-state index >= 15 is 0 Å². The first-order valence-corrected chi connectivity index (χ1v) is 9.98. The smallest absolute Gasteiger partial charge is 0.249 e. The van der Waals surface area contributed by atoms with E-state index < -0.39 is 16.1 Å². The first-order chi connectivity index (χ1) is 11.4. The van der Waals surface area contributed by atoms with Crippen molar-refractivity contribution < 1.29 is 13.5 Å². The van der Waals surface area contributed by atoms with Gasteiger partial charge in [-0.05, 0) is 17.5 Å². The molecule has 0 fully saturated rings. The van der Waals surface area contributed by atoms with Gasteiger partial charge in [-0.15, -0.1) is 0 Å². The highest BCUT2D eigenvalue weighted by molar-refractivity contribution is 7.91. The fourth-order valence-corrected chi connectivity index (χ4v) is 4.21. The van der Waals surface area contributed by atoms with Crippen LogP contribution in [0, 0.1) is 0 Å². The number of primary sulfonamides is 1. The first kappa shape index (κ1) is 17.3. The summed E-state index contributed by atoms with van der Waals surface area (Å²) in [6, 6.07) is 8.36. The maximum absolute atomic E-state index is 11.2. The van der Waals surface area contributed by atoms with E-state index in [0.29, 0.717) is 18.2 Å². The van der Waals surface area contributed by atoms with Crippen LogP contribution < -0.4 is 10.5 Å². The van der Waals surface area contributed by atoms with Gasteiger partial charge in [0.2, 0.25) is 10.0 Å². The number of benzene rings is 1. The number of anilines is 1. The molecule has 1 aromatic heterocycles. The van der Waals surface area contributed by atoms with Crippen molar-refractivity contribution in [1.82, 2.24) is 9.88 Å². The SMILES string of the molecule is NS(=O)(=O)c1cnc(NCC(O)CN2CCc3ccccc3C2)s1. The van der Waals surface area contributed by atoms with E-state index in [4.69, 9.17) is 5.14 Å². The van der Waals surface area contributed by atoms with Crippen molar-refractivity contribution in [3.8, 4) is 0 Å². The van der Waals surface area contributed by atoms with Crippen molar-refractivity contribution in [1.29, 1.82) is 0 Å². The van der Waals surface area contributed by atoms with E-state index in [2.05, 4.69) is 33.4 Å². The number of fused-ring (bicyclic) bond motifs is 1. The van der Waals surface area contributed by atoms with Gasteiger partial charge < -0.3 is 10.4 Å². The highest BCUT2D eigenvalue weighted by Crippen LogP contribution is 2.22. The Kier molecular flexibility index (Phi) is 5.16. The second kappa shape index (κ2) is 7.16. The van der Waals surface area contributed by atoms with Crippen LogP contribution in [0.1, 0.15) is 11.1 Å². The van der Waals surface area contributed by atoms with Gasteiger partial charge in [-0.3, -0.25) is 4.90 Å². The quantitative estimate of drug-likeness (QED) is 0.690. The standard InChI is InChI=1S/C15H20N4O3S2/c16-24(21,22)14-8-18-15(23-14)17-7-13(20)10-19-6-5-11-3-1-2-4-12(11)9-19/h1-4,8,13,20H,5-7,9-10H2,(H,17,18)(H2,16,21,22). The van der Waals surface area contributed by atoms with Gasteiger partial charge in [0, 0.05) is 26.2 Å². The number of aliphatic hydroxyl groups is 1. The van der Waals surface area contributed by atoms with Crippen LogP contribution in [0.3, 0.4) is 0 Å². The molecule has 3 rings (SSSR count). The third-order valence-corrected chi connectivity index (χ3v) is 6.30. The molecule has 0 aliphatic carbocycles. The summed E-state index contributed by atoms with van der Waals surface area (Å²) in [5.74, 6) is 0. The predicted octanol–water partition coefficient (Wildman–Crippen LogP) is 0.622. The molecular formula is C15H20N4O3S2. The number of thiazole rings is 1. The summed E-state index contributed by atoms with van der Waals surface area (Å²) in [5.41, 5.74) is 2.68. The molecule has 0 saturated carbocycles. The number of nitrogens with one attached hydrogen (secondary N) is 1. The van der Waals surface area contributed by atoms with Gasteiger partial charge in [0.15, 0.2) is 9.34 Å². The fourth-order valence-electron chi connectivity index (χ4n) is 2.75. The van der Waals surface area contributed by atoms with Crippen LogP contribution in [0.2, 0.25) is 0 Å². The van der Waals surface area contributed by atoms with Crippen molar-refractivity contribution in [2.75, 3.05) is 25.0 Å². The van der Waals surface area contributed by atoms with E-state index in [0.717, 1.165) is 30.8 Å². The Bertz CT molecular complexity index is 807. The average Bonchev–Trinajstić information content (AvgIpc) is 3.02. The van der Waals surface area contributed by atoms with Crippen molar-refractivity contribution in [3.05, 3.63) is 41.6 Å². The Morgan fingerprint density at radius 3 is 2.83 bits per heavy atom. The first-order valence-electron chi connectivity index (χ1n) is 7.61. The summed E-state index contributed by atoms with van der Waals surface area (Å²) in [4.78, 5) is 6.17. The molecule has 1 unspecified atom stereocenters. The molecule has 1 aliphatic heterocycles. The summed E-state index contributed by atoms with van der Waals surface area (Å²) < 4.78 is 22.4. The molecule has 0 spiro atoms. The number of hydrogen-bond acceptors (Lipinski definition) is 7. The third kappa shape index (κ3) is 4.31. The van der Waals surface area contributed by atoms with Crippen LogP contribution in [0.4, 0.5) is 5.13 Å². The molecule has 7 nitrogen and oxygen atoms in total. The summed E-state index contributed by atoms with van der Waals surface area (Å²) >= 11 is 0.959. The van der Waals surface area contributed by atoms with Gasteiger partial charge in [0.05, 0.1) is 12.3 Å². The molecule has 0 amide bonds. The zero-order valence-electron chi connectivity index (χ0n) is 13.1. The lowest BCUT2D eigenvalue weighted by Gasteiger charge is -2.30. The lowest BCUT2D eigenvalue weighted by atomic mass is 10.00. The number of β-amino-alcohol motifs (C(OH)–C–C–N with tert-alkyl or cyclic N) is 1. The van der Waals surface area contributed by atoms with Crippen molar-refractivity contribution in [2.24, 2.45) is 5.14 Å². The van der Waals surface area contributed by atoms with E-state index in [1.165, 1.54) is 17.3 Å². The predicted molar refractivity (Wildman–Crippen MR) is 93.4 cm³/mol. The topological polar surface area (TPSA) is 109 Å². The van der Waals surface area contributed by atoms with E-state index in [-0.39, 0.29) is 4.21 Å². The minimum absolute atomic E-state index is 0.00660. The molecule has 2 aromatic rings. The maximum atomic E-state index is 11.2. The zero-order valence-corrected chi connectivity index (χ0v) is 14.7. The van der Waals surface area contributed by atoms with Gasteiger partial charge in [0.25, 0.3) is 0 Å². The summed E-state index contributed by atoms with van der Waals surface area (Å²) in [7, 11) is -3.73. The zero-order chi connectivity index (χ0) is 17.2. The number of nitrogens with two attached hydrogens (primary N) is 1. The highest BCUT2D eigenvalue weighted by Gasteiger charge is 2.19. The largest absolute Gasteiger partial charge is 0.390 e. The van der Waals surface area contributed by atoms with Crippen LogP contribution in [-0.4, -0.2) is 49.1 Å². The number of sulfonamides is 1. The Hall–Kier alpha value is -1.52. The molecule has 0 radical (unpaired) electrons. The maximum Gasteiger partial charge on any atom is 0.249 e. The van der Waals surface area contributed by atoms with Gasteiger partial charge in [-0.1, -0.05) is 35.6 Å². The Labute approximate surface area is 145 Å². The normalized spacial score (nSPS) is 16.6. The Balaban J connectivity index is 1.50. The van der Waals surface area contributed by atoms with Gasteiger partial charge in [-0.25, -0.2) is 18.5 Å². The van der Waals surface area contributed by atoms with Gasteiger partial charge >= 0.3 is 0 Å². The molecule has 130 valence electrons. The number of aromatic nitrogens is 1. The third-order valence-electron chi connectivity index (χ3n) is 3.93. The van der Waals surface area contributed by atoms with E-state index in [1.807, 2.05) is 6.07 Å². The number of rotatable bonds is 6. The number of nitrogens with zero attached hydrogens (tertiary/aromatic N) is 2. The van der Waals surface area contributed by atoms with Crippen LogP contribution in [0.15, 0.2) is 34.7 Å². The summed E-state index contributed by atoms with van der Waals surface area (Å²) in [6.07, 6.45) is 1.63. The van der Waals surface area contributed by atoms with Crippen molar-refractivity contribution >= 4 is 26.5 Å². The van der Waals surface area contributed by atoms with E-state index in [9.17, 15) is 13.5 Å². The highest BCUT2D eigenvalue weighted by atomic mass is 32.2. The van der Waals surface area contributed by atoms with Gasteiger partial charge in [-0.2, -0.15) is 0 Å². The van der Waals surface area contributed by atoms with Crippen LogP contribution in [0.25, 0.3) is 0 Å². The van der Waals surface area contributed by atoms with Crippen LogP contribution >= 0.6 is 11.3 Å². The molecule has 24 heavy (non-hydrogen) atoms. The Morgan fingerprint density at radius 2 is 2.12 bits per heavy atom. The second-order valence-electron chi connectivity index (χ2n) is 5.82. The molecule has 0 bridgehead atoms. The average molecular weight is 368 g/mol. The summed E-state index contributed by atoms with van der Waals surface area (Å²) in [5, 5.41) is 18.6. The van der Waals surface area contributed by atoms with Gasteiger partial charge in [0.1, 0.15) is 0 Å². The monoisotopic (exact) mass is 368 g/mol.